The van der Waals surface area contributed by atoms with Crippen molar-refractivity contribution in [3.8, 4) is 90.8 Å². The van der Waals surface area contributed by atoms with Gasteiger partial charge >= 0.3 is 0 Å². The topological polar surface area (TPSA) is 313 Å². The minimum atomic E-state index is -0.661. The van der Waals surface area contributed by atoms with Crippen molar-refractivity contribution in [3.05, 3.63) is 355 Å². The van der Waals surface area contributed by atoms with Gasteiger partial charge in [0.25, 0.3) is 17.7 Å². The highest BCUT2D eigenvalue weighted by molar-refractivity contribution is 6.05. The van der Waals surface area contributed by atoms with Crippen molar-refractivity contribution in [3.63, 3.8) is 0 Å². The number of nitrogens with one attached hydrogen (secondary N) is 4. The number of ether oxygens (including phenoxy) is 1. The zero-order chi connectivity index (χ0) is 103. The molecule has 0 unspecified atom stereocenters. The molecule has 22 rings (SSSR count). The van der Waals surface area contributed by atoms with Gasteiger partial charge in [0, 0.05) is 129 Å². The van der Waals surface area contributed by atoms with Gasteiger partial charge < -0.3 is 86.9 Å². The number of carbonyl (C=O) groups excluding carboxylic acids is 4. The Morgan fingerprint density at radius 3 is 1.15 bits per heavy atom. The molecule has 35 heteroatoms. The maximum Gasteiger partial charge on any atom is 0.291 e. The van der Waals surface area contributed by atoms with Gasteiger partial charge in [-0.3, -0.25) is 24.2 Å². The first-order chi connectivity index (χ1) is 72.7. The van der Waals surface area contributed by atoms with Crippen LogP contribution in [0.3, 0.4) is 0 Å². The normalized spacial score (nSPS) is 14.3. The summed E-state index contributed by atoms with van der Waals surface area (Å²) in [6, 6.07) is 63.5. The average Bonchev–Trinajstić information content (AvgIpc) is 1.63. The van der Waals surface area contributed by atoms with Crippen LogP contribution < -0.4 is 36.0 Å². The van der Waals surface area contributed by atoms with Gasteiger partial charge in [-0.2, -0.15) is 0 Å². The molecule has 17 aromatic rings. The molecular formula is C114H106F8N16O11. The van der Waals surface area contributed by atoms with Crippen molar-refractivity contribution in [2.45, 2.75) is 108 Å². The van der Waals surface area contributed by atoms with Crippen LogP contribution in [-0.2, 0) is 17.7 Å². The summed E-state index contributed by atoms with van der Waals surface area (Å²) < 4.78 is 150. The van der Waals surface area contributed by atoms with Gasteiger partial charge in [-0.15, -0.1) is 0 Å². The van der Waals surface area contributed by atoms with Crippen LogP contribution in [0.5, 0.6) is 0 Å². The SMILES string of the molecule is O=C(Cc1ccncc1F)c1ccc(-c2c(-c3ccc(F)cc3)ncn2Cc2ccccc2)o1.O=C(Nc1ccc(N(CCO)CCO)cc1F)c1ccc(-c2c(-c3ccc(F)cc3)ncn2C2CCCC2)o1.O=C(Nc1ccc(N2CCNCC2)cc1F)c1ccc(-c2c(-c3ccc(F)cc3)ncn2C2CCCC2)o1.O=C(Nc1ccc(N2CCOCC2)cc1F)c1ccc(-c2c(-c3ccc(F)cc3)ncn2C2CCCC2)o1. The highest BCUT2D eigenvalue weighted by atomic mass is 19.2. The van der Waals surface area contributed by atoms with E-state index < -0.39 is 41.0 Å². The Labute approximate surface area is 851 Å². The van der Waals surface area contributed by atoms with Gasteiger partial charge in [0.15, 0.2) is 46.1 Å². The Morgan fingerprint density at radius 1 is 0.389 bits per heavy atom. The van der Waals surface area contributed by atoms with Gasteiger partial charge in [0.2, 0.25) is 5.78 Å². The minimum absolute atomic E-state index is 0.0000999. The maximum atomic E-state index is 14.9. The number of hydrogen-bond acceptors (Lipinski definition) is 20. The molecular weight excluding hydrogens is 1920 g/mol. The van der Waals surface area contributed by atoms with E-state index in [9.17, 15) is 64.5 Å². The summed E-state index contributed by atoms with van der Waals surface area (Å²) >= 11 is 0. The zero-order valence-corrected chi connectivity index (χ0v) is 81.1. The third-order valence-corrected chi connectivity index (χ3v) is 27.1. The number of ketones is 1. The van der Waals surface area contributed by atoms with Gasteiger partial charge in [0.05, 0.1) is 97.8 Å². The lowest BCUT2D eigenvalue weighted by Gasteiger charge is -2.29. The number of hydrogen-bond donors (Lipinski definition) is 6. The van der Waals surface area contributed by atoms with E-state index in [0.717, 1.165) is 154 Å². The second-order valence-corrected chi connectivity index (χ2v) is 36.8. The molecule has 9 aromatic heterocycles. The fraction of sp³-hybridized carbons (Fsp3) is 0.254. The number of Topliss-reactive ketones (excluding diaryl/α,β-unsaturated/α-hetero) is 1. The molecule has 0 radical (unpaired) electrons. The van der Waals surface area contributed by atoms with Crippen molar-refractivity contribution in [1.82, 2.24) is 48.5 Å². The molecule has 764 valence electrons. The molecule has 5 aliphatic rings. The van der Waals surface area contributed by atoms with Crippen LogP contribution in [-0.4, -0.2) is 156 Å². The summed E-state index contributed by atoms with van der Waals surface area (Å²) in [5.41, 5.74) is 11.8. The van der Waals surface area contributed by atoms with E-state index in [4.69, 9.17) is 22.4 Å². The lowest BCUT2D eigenvalue weighted by molar-refractivity contribution is 0.0962. The summed E-state index contributed by atoms with van der Waals surface area (Å²) in [6.45, 7) is 6.59. The molecule has 3 saturated carbocycles. The molecule has 6 N–H and O–H groups in total. The number of morpholine rings is 1. The molecule has 149 heavy (non-hydrogen) atoms. The Balaban J connectivity index is 0.000000125. The van der Waals surface area contributed by atoms with Crippen molar-refractivity contribution >= 4 is 57.6 Å². The number of imidazole rings is 4. The van der Waals surface area contributed by atoms with E-state index in [1.807, 2.05) is 45.9 Å². The summed E-state index contributed by atoms with van der Waals surface area (Å²) in [5, 5.41) is 29.5. The summed E-state index contributed by atoms with van der Waals surface area (Å²) in [5.74, 6) is -3.57. The van der Waals surface area contributed by atoms with E-state index in [1.165, 1.54) is 91.1 Å². The van der Waals surface area contributed by atoms with Crippen LogP contribution in [0.4, 0.5) is 69.2 Å². The Bertz CT molecular complexity index is 7270. The molecule has 2 saturated heterocycles. The lowest BCUT2D eigenvalue weighted by Crippen LogP contribution is -2.43. The smallest absolute Gasteiger partial charge is 0.291 e. The number of rotatable bonds is 29. The number of amides is 3. The second-order valence-electron chi connectivity index (χ2n) is 36.8. The maximum absolute atomic E-state index is 14.9. The predicted molar refractivity (Wildman–Crippen MR) is 549 cm³/mol. The van der Waals surface area contributed by atoms with Crippen LogP contribution in [0.15, 0.2) is 292 Å². The Kier molecular flexibility index (Phi) is 31.9. The number of carbonyl (C=O) groups is 4. The number of piperazine rings is 1. The predicted octanol–water partition coefficient (Wildman–Crippen LogP) is 23.4. The highest BCUT2D eigenvalue weighted by Crippen LogP contribution is 2.45. The molecule has 5 fully saturated rings. The fourth-order valence-electron chi connectivity index (χ4n) is 19.5. The number of halogens is 8. The first-order valence-corrected chi connectivity index (χ1v) is 49.6. The minimum Gasteiger partial charge on any atom is -0.451 e. The third-order valence-electron chi connectivity index (χ3n) is 27.1. The molecule has 11 heterocycles. The number of nitrogens with zero attached hydrogens (tertiary/aromatic N) is 12. The van der Waals surface area contributed by atoms with Crippen LogP contribution in [0.25, 0.3) is 90.8 Å². The summed E-state index contributed by atoms with van der Waals surface area (Å²) in [7, 11) is 0. The van der Waals surface area contributed by atoms with Crippen molar-refractivity contribution in [2.24, 2.45) is 0 Å². The molecule has 0 atom stereocenters. The standard InChI is InChI=1S/C29H29F2N5O2.C29H30F2N4O4.C29H28F2N4O3.C27H19F2N3O2/c30-20-7-5-19(6-8-20)27-28(36(18-33-27)21-3-1-2-4-21)25-11-12-26(38-25)29(37)34-24-10-9-22(17-23(24)31)35-15-13-32-14-16-35;30-20-7-5-19(6-8-20)27-28(35(18-32-27)21-3-1-2-4-21)25-11-12-26(39-25)29(38)33-24-10-9-22(17-23(24)31)34(13-15-36)14-16-37;30-20-7-5-19(6-8-20)27-28(35(18-32-27)21-3-1-2-4-21)25-11-12-26(38-25)29(36)33-24-10-9-22(17-23(24)31)34-13-15-37-16-14-34;28-21-8-6-19(7-9-21)26-27(32(17-31-26)16-18-4-2-1-3-5-18)25-11-10-24(34-25)23(33)14-20-12-13-30-15-22(20)29/h5-12,17-18,21,32H,1-4,13-16H2,(H,34,37);5-12,17-18,21,36-37H,1-4,13-16H2,(H,33,38);5-12,17-18,21H,1-4,13-16H2,(H,33,36);1-13,15,17H,14,16H2. The molecule has 3 aliphatic carbocycles. The first-order valence-electron chi connectivity index (χ1n) is 49.6. The number of benzene rings is 8. The molecule has 8 aromatic carbocycles. The molecule has 2 aliphatic heterocycles. The fourth-order valence-corrected chi connectivity index (χ4v) is 19.5. The van der Waals surface area contributed by atoms with Gasteiger partial charge in [-0.25, -0.2) is 55.1 Å². The van der Waals surface area contributed by atoms with Gasteiger partial charge in [-0.05, 0) is 256 Å². The number of pyridine rings is 1. The average molecular weight is 2030 g/mol. The largest absolute Gasteiger partial charge is 0.451 e. The monoisotopic (exact) mass is 2030 g/mol. The molecule has 3 amide bonds. The number of anilines is 6. The number of aromatic nitrogens is 9. The van der Waals surface area contributed by atoms with Gasteiger partial charge in [-0.1, -0.05) is 68.9 Å². The van der Waals surface area contributed by atoms with Crippen LogP contribution >= 0.6 is 0 Å². The van der Waals surface area contributed by atoms with Crippen LogP contribution in [0.2, 0.25) is 0 Å². The van der Waals surface area contributed by atoms with E-state index in [1.54, 1.807) is 145 Å². The number of aliphatic hydroxyl groups is 2. The zero-order valence-electron chi connectivity index (χ0n) is 81.1. The van der Waals surface area contributed by atoms with E-state index in [2.05, 4.69) is 64.8 Å². The van der Waals surface area contributed by atoms with E-state index in [0.29, 0.717) is 101 Å². The van der Waals surface area contributed by atoms with Crippen molar-refractivity contribution in [2.75, 3.05) is 109 Å². The Hall–Kier alpha value is -16.4. The molecule has 0 spiro atoms. The lowest BCUT2D eigenvalue weighted by atomic mass is 10.1. The summed E-state index contributed by atoms with van der Waals surface area (Å²) in [6.07, 6.45) is 22.3. The second kappa shape index (κ2) is 47.0. The highest BCUT2D eigenvalue weighted by Gasteiger charge is 2.33. The van der Waals surface area contributed by atoms with Crippen LogP contribution in [0, 0.1) is 46.5 Å². The van der Waals surface area contributed by atoms with E-state index in [-0.39, 0.29) is 126 Å². The third kappa shape index (κ3) is 23.8. The Morgan fingerprint density at radius 2 is 0.758 bits per heavy atom. The van der Waals surface area contributed by atoms with Crippen molar-refractivity contribution in [1.29, 1.82) is 0 Å². The van der Waals surface area contributed by atoms with Gasteiger partial charge in [0.1, 0.15) is 69.3 Å². The molecule has 0 bridgehead atoms. The quantitative estimate of drug-likeness (QED) is 0.0187. The first kappa shape index (κ1) is 101. The van der Waals surface area contributed by atoms with E-state index >= 15 is 0 Å². The van der Waals surface area contributed by atoms with Crippen molar-refractivity contribution < 1.29 is 86.9 Å². The van der Waals surface area contributed by atoms with Crippen LogP contribution in [0.1, 0.15) is 149 Å². The number of furan rings is 4. The summed E-state index contributed by atoms with van der Waals surface area (Å²) in [4.78, 5) is 79.7. The molecule has 27 nitrogen and oxygen atoms in total. The number of aliphatic hydroxyl groups excluding tert-OH is 2.